The highest BCUT2D eigenvalue weighted by Gasteiger charge is 2.14. The summed E-state index contributed by atoms with van der Waals surface area (Å²) in [4.78, 5) is 41.3. The van der Waals surface area contributed by atoms with Gasteiger partial charge in [-0.2, -0.15) is 0 Å². The van der Waals surface area contributed by atoms with Gasteiger partial charge in [0, 0.05) is 19.0 Å². The predicted octanol–water partition coefficient (Wildman–Crippen LogP) is 5.11. The number of benzene rings is 3. The summed E-state index contributed by atoms with van der Waals surface area (Å²) in [6, 6.07) is 19.6. The molecule has 0 atom stereocenters. The number of rotatable bonds is 8. The van der Waals surface area contributed by atoms with Crippen molar-refractivity contribution in [2.24, 2.45) is 0 Å². The topological polar surface area (TPSA) is 101 Å². The smallest absolute Gasteiger partial charge is 0.336 e. The summed E-state index contributed by atoms with van der Waals surface area (Å²) in [5, 5.41) is 12.7. The number of nitrogens with zero attached hydrogens (tertiary/aromatic N) is 2. The molecule has 0 saturated carbocycles. The van der Waals surface area contributed by atoms with E-state index < -0.39 is 5.97 Å². The van der Waals surface area contributed by atoms with E-state index in [0.717, 1.165) is 29.8 Å². The van der Waals surface area contributed by atoms with Gasteiger partial charge in [0.2, 0.25) is 5.91 Å². The van der Waals surface area contributed by atoms with Gasteiger partial charge in [-0.1, -0.05) is 55.8 Å². The summed E-state index contributed by atoms with van der Waals surface area (Å²) in [5.74, 6) is -0.462. The summed E-state index contributed by atoms with van der Waals surface area (Å²) >= 11 is 0. The number of hydrogen-bond donors (Lipinski definition) is 2. The van der Waals surface area contributed by atoms with Gasteiger partial charge in [-0.25, -0.2) is 9.78 Å². The quantitative estimate of drug-likeness (QED) is 0.373. The molecule has 0 saturated heterocycles. The summed E-state index contributed by atoms with van der Waals surface area (Å²) in [5.41, 5.74) is 3.58. The van der Waals surface area contributed by atoms with E-state index in [9.17, 15) is 19.5 Å². The van der Waals surface area contributed by atoms with Gasteiger partial charge in [0.05, 0.1) is 23.0 Å². The van der Waals surface area contributed by atoms with Crippen molar-refractivity contribution in [3.63, 3.8) is 0 Å². The molecule has 0 aliphatic heterocycles. The van der Waals surface area contributed by atoms with Crippen molar-refractivity contribution in [3.05, 3.63) is 94.0 Å². The average molecular weight is 470 g/mol. The van der Waals surface area contributed by atoms with E-state index in [4.69, 9.17) is 4.98 Å². The van der Waals surface area contributed by atoms with Crippen LogP contribution in [0.5, 0.6) is 0 Å². The normalized spacial score (nSPS) is 10.9. The largest absolute Gasteiger partial charge is 0.478 e. The van der Waals surface area contributed by atoms with Gasteiger partial charge in [-0.3, -0.25) is 14.2 Å². The Morgan fingerprint density at radius 3 is 2.46 bits per heavy atom. The van der Waals surface area contributed by atoms with Crippen LogP contribution in [-0.4, -0.2) is 26.5 Å². The SMILES string of the molecule is CCCCc1nc2ccc(NC(C)=O)cc2c(=O)n1Cc1ccc(-c2ccccc2C(=O)O)cc1. The number of amides is 1. The van der Waals surface area contributed by atoms with Gasteiger partial charge in [0.25, 0.3) is 5.56 Å². The Labute approximate surface area is 203 Å². The lowest BCUT2D eigenvalue weighted by Gasteiger charge is -2.15. The average Bonchev–Trinajstić information content (AvgIpc) is 2.85. The zero-order valence-electron chi connectivity index (χ0n) is 19.7. The molecule has 0 aliphatic carbocycles. The van der Waals surface area contributed by atoms with E-state index in [2.05, 4.69) is 12.2 Å². The molecule has 7 nitrogen and oxygen atoms in total. The van der Waals surface area contributed by atoms with Crippen molar-refractivity contribution in [1.29, 1.82) is 0 Å². The van der Waals surface area contributed by atoms with Gasteiger partial charge in [0.1, 0.15) is 5.82 Å². The third-order valence-electron chi connectivity index (χ3n) is 5.87. The lowest BCUT2D eigenvalue weighted by molar-refractivity contribution is -0.114. The molecule has 1 heterocycles. The van der Waals surface area contributed by atoms with Crippen molar-refractivity contribution in [2.75, 3.05) is 5.32 Å². The molecule has 4 rings (SSSR count). The van der Waals surface area contributed by atoms with E-state index in [0.29, 0.717) is 35.1 Å². The van der Waals surface area contributed by atoms with Crippen molar-refractivity contribution in [1.82, 2.24) is 9.55 Å². The van der Waals surface area contributed by atoms with Crippen molar-refractivity contribution in [2.45, 2.75) is 39.7 Å². The van der Waals surface area contributed by atoms with Crippen LogP contribution in [-0.2, 0) is 17.8 Å². The fraction of sp³-hybridized carbons (Fsp3) is 0.214. The maximum absolute atomic E-state index is 13.5. The van der Waals surface area contributed by atoms with Crippen molar-refractivity contribution >= 4 is 28.5 Å². The van der Waals surface area contributed by atoms with Gasteiger partial charge in [0.15, 0.2) is 0 Å². The Morgan fingerprint density at radius 2 is 1.77 bits per heavy atom. The summed E-state index contributed by atoms with van der Waals surface area (Å²) in [6.45, 7) is 3.86. The molecular formula is C28H27N3O4. The lowest BCUT2D eigenvalue weighted by atomic mass is 9.98. The van der Waals surface area contributed by atoms with E-state index in [1.54, 1.807) is 41.0 Å². The second-order valence-corrected chi connectivity index (χ2v) is 8.48. The molecule has 3 aromatic carbocycles. The highest BCUT2D eigenvalue weighted by Crippen LogP contribution is 2.24. The minimum absolute atomic E-state index is 0.159. The molecular weight excluding hydrogens is 442 g/mol. The number of carboxylic acid groups (broad SMARTS) is 1. The number of hydrogen-bond acceptors (Lipinski definition) is 4. The monoisotopic (exact) mass is 469 g/mol. The van der Waals surface area contributed by atoms with Gasteiger partial charge >= 0.3 is 5.97 Å². The number of nitrogens with one attached hydrogen (secondary N) is 1. The number of anilines is 1. The molecule has 1 aromatic heterocycles. The van der Waals surface area contributed by atoms with Crippen LogP contribution in [0, 0.1) is 0 Å². The Balaban J connectivity index is 1.73. The molecule has 4 aromatic rings. The Bertz CT molecular complexity index is 1460. The molecule has 0 aliphatic rings. The van der Waals surface area contributed by atoms with E-state index in [-0.39, 0.29) is 17.0 Å². The minimum Gasteiger partial charge on any atom is -0.478 e. The molecule has 1 amide bonds. The molecule has 0 radical (unpaired) electrons. The number of aromatic carboxylic acids is 1. The van der Waals surface area contributed by atoms with Crippen LogP contribution in [0.4, 0.5) is 5.69 Å². The Morgan fingerprint density at radius 1 is 1.03 bits per heavy atom. The van der Waals surface area contributed by atoms with Crippen LogP contribution >= 0.6 is 0 Å². The van der Waals surface area contributed by atoms with E-state index >= 15 is 0 Å². The molecule has 35 heavy (non-hydrogen) atoms. The number of carbonyl (C=O) groups excluding carboxylic acids is 1. The van der Waals surface area contributed by atoms with Crippen LogP contribution in [0.25, 0.3) is 22.0 Å². The fourth-order valence-electron chi connectivity index (χ4n) is 4.13. The summed E-state index contributed by atoms with van der Waals surface area (Å²) in [6.07, 6.45) is 2.57. The number of fused-ring (bicyclic) bond motifs is 1. The zero-order chi connectivity index (χ0) is 24.9. The highest BCUT2D eigenvalue weighted by molar-refractivity contribution is 5.96. The number of unbranched alkanes of at least 4 members (excludes halogenated alkanes) is 1. The first-order valence-corrected chi connectivity index (χ1v) is 11.6. The van der Waals surface area contributed by atoms with Gasteiger partial charge < -0.3 is 10.4 Å². The lowest BCUT2D eigenvalue weighted by Crippen LogP contribution is -2.26. The first-order chi connectivity index (χ1) is 16.9. The third-order valence-corrected chi connectivity index (χ3v) is 5.87. The predicted molar refractivity (Wildman–Crippen MR) is 137 cm³/mol. The van der Waals surface area contributed by atoms with Crippen LogP contribution in [0.3, 0.4) is 0 Å². The fourth-order valence-corrected chi connectivity index (χ4v) is 4.13. The molecule has 0 spiro atoms. The third kappa shape index (κ3) is 5.30. The van der Waals surface area contributed by atoms with Gasteiger partial charge in [-0.15, -0.1) is 0 Å². The van der Waals surface area contributed by atoms with Crippen molar-refractivity contribution < 1.29 is 14.7 Å². The second-order valence-electron chi connectivity index (χ2n) is 8.48. The number of carbonyl (C=O) groups is 2. The van der Waals surface area contributed by atoms with Crippen molar-refractivity contribution in [3.8, 4) is 11.1 Å². The van der Waals surface area contributed by atoms with E-state index in [1.807, 2.05) is 30.3 Å². The first kappa shape index (κ1) is 23.9. The summed E-state index contributed by atoms with van der Waals surface area (Å²) < 4.78 is 1.69. The molecule has 2 N–H and O–H groups in total. The second kappa shape index (κ2) is 10.3. The number of aromatic nitrogens is 2. The summed E-state index contributed by atoms with van der Waals surface area (Å²) in [7, 11) is 0. The van der Waals surface area contributed by atoms with Crippen LogP contribution in [0.15, 0.2) is 71.5 Å². The molecule has 0 unspecified atom stereocenters. The maximum atomic E-state index is 13.5. The van der Waals surface area contributed by atoms with Crippen LogP contribution in [0.1, 0.15) is 48.4 Å². The highest BCUT2D eigenvalue weighted by atomic mass is 16.4. The maximum Gasteiger partial charge on any atom is 0.336 e. The molecule has 0 bridgehead atoms. The standard InChI is InChI=1S/C28H27N3O4/c1-3-4-9-26-30-25-15-14-21(29-18(2)32)16-24(25)27(33)31(26)17-19-10-12-20(13-11-19)22-7-5-6-8-23(22)28(34)35/h5-8,10-16H,3-4,9,17H2,1-2H3,(H,29,32)(H,34,35). The minimum atomic E-state index is -0.974. The molecule has 0 fully saturated rings. The van der Waals surface area contributed by atoms with Crippen LogP contribution in [0.2, 0.25) is 0 Å². The zero-order valence-corrected chi connectivity index (χ0v) is 19.7. The first-order valence-electron chi connectivity index (χ1n) is 11.6. The van der Waals surface area contributed by atoms with E-state index in [1.165, 1.54) is 6.92 Å². The Kier molecular flexibility index (Phi) is 7.06. The van der Waals surface area contributed by atoms with Gasteiger partial charge in [-0.05, 0) is 47.4 Å². The number of aryl methyl sites for hydroxylation is 1. The molecule has 178 valence electrons. The van der Waals surface area contributed by atoms with Crippen LogP contribution < -0.4 is 10.9 Å². The number of carboxylic acids is 1. The Hall–Kier alpha value is -4.26. The molecule has 7 heteroatoms.